The second kappa shape index (κ2) is 7.24. The third-order valence-corrected chi connectivity index (χ3v) is 4.77. The van der Waals surface area contributed by atoms with Gasteiger partial charge in [0.25, 0.3) is 0 Å². The van der Waals surface area contributed by atoms with Crippen LogP contribution in [0.25, 0.3) is 0 Å². The van der Waals surface area contributed by atoms with Crippen molar-refractivity contribution in [3.05, 3.63) is 35.4 Å². The van der Waals surface area contributed by atoms with Crippen molar-refractivity contribution in [1.82, 2.24) is 10.2 Å². The average Bonchev–Trinajstić information content (AvgIpc) is 2.68. The van der Waals surface area contributed by atoms with Crippen LogP contribution in [-0.4, -0.2) is 37.6 Å². The third-order valence-electron chi connectivity index (χ3n) is 4.77. The molecule has 0 bridgehead atoms. The van der Waals surface area contributed by atoms with Gasteiger partial charge in [0.1, 0.15) is 0 Å². The first-order valence-corrected chi connectivity index (χ1v) is 8.17. The summed E-state index contributed by atoms with van der Waals surface area (Å²) in [5, 5.41) is 3.54. The zero-order valence-electron chi connectivity index (χ0n) is 13.4. The van der Waals surface area contributed by atoms with Crippen molar-refractivity contribution in [1.29, 1.82) is 0 Å². The molecule has 1 atom stereocenters. The second-order valence-corrected chi connectivity index (χ2v) is 6.49. The monoisotopic (exact) mass is 274 g/mol. The molecule has 0 fully saturated rings. The SMILES string of the molecule is CCNCC(C)(CC)CN1CCc2ccccc2CC1. The highest BCUT2D eigenvalue weighted by Gasteiger charge is 2.25. The molecule has 0 saturated carbocycles. The van der Waals surface area contributed by atoms with Gasteiger partial charge in [0.2, 0.25) is 0 Å². The van der Waals surface area contributed by atoms with Crippen LogP contribution in [0.5, 0.6) is 0 Å². The lowest BCUT2D eigenvalue weighted by molar-refractivity contribution is 0.160. The maximum absolute atomic E-state index is 3.54. The number of hydrogen-bond acceptors (Lipinski definition) is 2. The Balaban J connectivity index is 1.95. The number of fused-ring (bicyclic) bond motifs is 1. The number of nitrogens with one attached hydrogen (secondary N) is 1. The number of rotatable bonds is 6. The molecule has 0 aromatic heterocycles. The zero-order valence-corrected chi connectivity index (χ0v) is 13.4. The molecule has 1 unspecified atom stereocenters. The van der Waals surface area contributed by atoms with Crippen molar-refractivity contribution >= 4 is 0 Å². The van der Waals surface area contributed by atoms with Crippen molar-refractivity contribution in [3.8, 4) is 0 Å². The first kappa shape index (κ1) is 15.5. The number of nitrogens with zero attached hydrogens (tertiary/aromatic N) is 1. The highest BCUT2D eigenvalue weighted by molar-refractivity contribution is 5.28. The molecule has 112 valence electrons. The summed E-state index contributed by atoms with van der Waals surface area (Å²) in [7, 11) is 0. The molecular weight excluding hydrogens is 244 g/mol. The van der Waals surface area contributed by atoms with E-state index < -0.39 is 0 Å². The predicted molar refractivity (Wildman–Crippen MR) is 87.2 cm³/mol. The molecule has 1 heterocycles. The maximum atomic E-state index is 3.54. The summed E-state index contributed by atoms with van der Waals surface area (Å²) in [6.45, 7) is 12.8. The minimum Gasteiger partial charge on any atom is -0.316 e. The van der Waals surface area contributed by atoms with Crippen LogP contribution in [0.4, 0.5) is 0 Å². The van der Waals surface area contributed by atoms with Crippen LogP contribution in [0.15, 0.2) is 24.3 Å². The fourth-order valence-corrected chi connectivity index (χ4v) is 3.13. The average molecular weight is 274 g/mol. The quantitative estimate of drug-likeness (QED) is 0.857. The topological polar surface area (TPSA) is 15.3 Å². The Labute approximate surface area is 124 Å². The smallest absolute Gasteiger partial charge is 0.00476 e. The van der Waals surface area contributed by atoms with Crippen molar-refractivity contribution in [2.24, 2.45) is 5.41 Å². The van der Waals surface area contributed by atoms with Crippen LogP contribution in [0.1, 0.15) is 38.3 Å². The third kappa shape index (κ3) is 4.07. The highest BCUT2D eigenvalue weighted by Crippen LogP contribution is 2.24. The Kier molecular flexibility index (Phi) is 5.62. The number of hydrogen-bond donors (Lipinski definition) is 1. The van der Waals surface area contributed by atoms with Crippen LogP contribution in [0.2, 0.25) is 0 Å². The second-order valence-electron chi connectivity index (χ2n) is 6.49. The lowest BCUT2D eigenvalue weighted by Crippen LogP contribution is -2.43. The largest absolute Gasteiger partial charge is 0.316 e. The molecule has 0 radical (unpaired) electrons. The van der Waals surface area contributed by atoms with Gasteiger partial charge in [-0.15, -0.1) is 0 Å². The maximum Gasteiger partial charge on any atom is 0.00476 e. The highest BCUT2D eigenvalue weighted by atomic mass is 15.1. The molecule has 0 amide bonds. The van der Waals surface area contributed by atoms with Gasteiger partial charge in [-0.3, -0.25) is 0 Å². The molecule has 1 aliphatic heterocycles. The van der Waals surface area contributed by atoms with E-state index >= 15 is 0 Å². The molecule has 2 nitrogen and oxygen atoms in total. The molecular formula is C18H30N2. The molecule has 2 rings (SSSR count). The van der Waals surface area contributed by atoms with Crippen LogP contribution >= 0.6 is 0 Å². The molecule has 1 N–H and O–H groups in total. The Morgan fingerprint density at radius 1 is 1.10 bits per heavy atom. The summed E-state index contributed by atoms with van der Waals surface area (Å²) < 4.78 is 0. The summed E-state index contributed by atoms with van der Waals surface area (Å²) in [6.07, 6.45) is 3.65. The Hall–Kier alpha value is -0.860. The summed E-state index contributed by atoms with van der Waals surface area (Å²) in [4.78, 5) is 2.67. The molecule has 0 aliphatic carbocycles. The normalized spacial score (nSPS) is 19.1. The fourth-order valence-electron chi connectivity index (χ4n) is 3.13. The molecule has 1 aromatic rings. The zero-order chi connectivity index (χ0) is 14.4. The lowest BCUT2D eigenvalue weighted by atomic mass is 9.86. The van der Waals surface area contributed by atoms with Gasteiger partial charge in [0.15, 0.2) is 0 Å². The summed E-state index contributed by atoms with van der Waals surface area (Å²) >= 11 is 0. The van der Waals surface area contributed by atoms with E-state index in [1.807, 2.05) is 0 Å². The molecule has 0 spiro atoms. The Morgan fingerprint density at radius 3 is 2.20 bits per heavy atom. The van der Waals surface area contributed by atoms with Crippen molar-refractivity contribution in [2.75, 3.05) is 32.7 Å². The number of benzene rings is 1. The summed E-state index contributed by atoms with van der Waals surface area (Å²) in [6, 6.07) is 8.96. The van der Waals surface area contributed by atoms with Gasteiger partial charge in [-0.2, -0.15) is 0 Å². The van der Waals surface area contributed by atoms with E-state index in [4.69, 9.17) is 0 Å². The fraction of sp³-hybridized carbons (Fsp3) is 0.667. The van der Waals surface area contributed by atoms with E-state index in [1.54, 1.807) is 11.1 Å². The Morgan fingerprint density at radius 2 is 1.70 bits per heavy atom. The van der Waals surface area contributed by atoms with E-state index in [1.165, 1.54) is 38.9 Å². The molecule has 1 aliphatic rings. The standard InChI is InChI=1S/C18H30N2/c1-4-18(3,14-19-5-2)15-20-12-10-16-8-6-7-9-17(16)11-13-20/h6-9,19H,4-5,10-15H2,1-3H3. The van der Waals surface area contributed by atoms with Gasteiger partial charge in [-0.05, 0) is 42.3 Å². The van der Waals surface area contributed by atoms with Gasteiger partial charge < -0.3 is 10.2 Å². The molecule has 1 aromatic carbocycles. The van der Waals surface area contributed by atoms with Gasteiger partial charge in [-0.1, -0.05) is 45.0 Å². The van der Waals surface area contributed by atoms with Gasteiger partial charge >= 0.3 is 0 Å². The Bertz CT molecular complexity index is 389. The van der Waals surface area contributed by atoms with Gasteiger partial charge in [0, 0.05) is 26.2 Å². The van der Waals surface area contributed by atoms with E-state index in [0.29, 0.717) is 5.41 Å². The lowest BCUT2D eigenvalue weighted by Gasteiger charge is -2.34. The molecule has 2 heteroatoms. The van der Waals surface area contributed by atoms with Crippen LogP contribution < -0.4 is 5.32 Å². The predicted octanol–water partition coefficient (Wildman–Crippen LogP) is 3.11. The van der Waals surface area contributed by atoms with E-state index in [9.17, 15) is 0 Å². The van der Waals surface area contributed by atoms with Crippen LogP contribution in [0.3, 0.4) is 0 Å². The van der Waals surface area contributed by atoms with Crippen molar-refractivity contribution in [3.63, 3.8) is 0 Å². The van der Waals surface area contributed by atoms with Crippen molar-refractivity contribution in [2.45, 2.75) is 40.0 Å². The van der Waals surface area contributed by atoms with E-state index in [0.717, 1.165) is 13.1 Å². The van der Waals surface area contributed by atoms with E-state index in [2.05, 4.69) is 55.3 Å². The van der Waals surface area contributed by atoms with Crippen molar-refractivity contribution < 1.29 is 0 Å². The first-order valence-electron chi connectivity index (χ1n) is 8.17. The van der Waals surface area contributed by atoms with Crippen LogP contribution in [0, 0.1) is 5.41 Å². The minimum atomic E-state index is 0.395. The van der Waals surface area contributed by atoms with E-state index in [-0.39, 0.29) is 0 Å². The minimum absolute atomic E-state index is 0.395. The van der Waals surface area contributed by atoms with Crippen LogP contribution in [-0.2, 0) is 12.8 Å². The van der Waals surface area contributed by atoms with Gasteiger partial charge in [0.05, 0.1) is 0 Å². The summed E-state index contributed by atoms with van der Waals surface area (Å²) in [5.74, 6) is 0. The van der Waals surface area contributed by atoms with Gasteiger partial charge in [-0.25, -0.2) is 0 Å². The first-order chi connectivity index (χ1) is 9.67. The summed E-state index contributed by atoms with van der Waals surface area (Å²) in [5.41, 5.74) is 3.51. The molecule has 0 saturated heterocycles. The molecule has 20 heavy (non-hydrogen) atoms.